The van der Waals surface area contributed by atoms with E-state index in [9.17, 15) is 57.8 Å². The van der Waals surface area contributed by atoms with Crippen molar-refractivity contribution < 1.29 is 72.1 Å². The summed E-state index contributed by atoms with van der Waals surface area (Å²) in [5, 5.41) is 27.3. The van der Waals surface area contributed by atoms with E-state index in [1.165, 1.54) is 18.2 Å². The number of halogens is 3. The number of nitrogens with two attached hydrogens (primary N) is 1. The second-order valence-electron chi connectivity index (χ2n) is 21.5. The molecule has 23 nitrogen and oxygen atoms in total. The van der Waals surface area contributed by atoms with Gasteiger partial charge in [0, 0.05) is 48.4 Å². The number of nitrogens with zero attached hydrogens (tertiary/aromatic N) is 1. The molecule has 5 aliphatic rings. The number of carbonyl (C=O) groups is 11. The molecule has 0 saturated heterocycles. The Morgan fingerprint density at radius 3 is 2.24 bits per heavy atom. The SMILES string of the molecule is CCC(=O)O[C@]1(C(=O)COCNC(=O)CNC(=O)OCc2ccc(NC(=O)[C@H](CCCNC(N)=O)NC(=O)[C@@H](NC(=O)CCN3C(=O)C(Br)=C(Br)C3=O)C(C)C)cc2)[C@@H](C)CC2[C@@H]3CCC4=CC(=O)C=C[C@]4(C)[C@@]3(Cl)[C@@H](O)C[C@@]21C. The van der Waals surface area contributed by atoms with E-state index in [4.69, 9.17) is 31.5 Å². The van der Waals surface area contributed by atoms with Crippen LogP contribution in [0.3, 0.4) is 0 Å². The maximum absolute atomic E-state index is 14.5. The predicted molar refractivity (Wildman–Crippen MR) is 296 cm³/mol. The first kappa shape index (κ1) is 63.2. The largest absolute Gasteiger partial charge is 0.450 e. The molecule has 0 spiro atoms. The first-order valence-corrected chi connectivity index (χ1v) is 28.4. The number of alkyl halides is 1. The van der Waals surface area contributed by atoms with Crippen molar-refractivity contribution in [3.8, 4) is 0 Å². The third-order valence-electron chi connectivity index (χ3n) is 16.2. The molecule has 1 heterocycles. The Morgan fingerprint density at radius 2 is 1.60 bits per heavy atom. The van der Waals surface area contributed by atoms with E-state index in [1.807, 2.05) is 20.8 Å². The third-order valence-corrected chi connectivity index (χ3v) is 19.2. The molecular weight excluding hydrogens is 1200 g/mol. The molecule has 0 bridgehead atoms. The molecule has 1 aromatic carbocycles. The van der Waals surface area contributed by atoms with E-state index in [2.05, 4.69) is 63.8 Å². The number of esters is 1. The topological polar surface area (TPSA) is 337 Å². The maximum Gasteiger partial charge on any atom is 0.407 e. The van der Waals surface area contributed by atoms with Gasteiger partial charge in [-0.1, -0.05) is 65.3 Å². The van der Waals surface area contributed by atoms with E-state index in [0.717, 1.165) is 10.5 Å². The molecule has 1 aromatic rings. The van der Waals surface area contributed by atoms with Crippen LogP contribution in [0.2, 0.25) is 0 Å². The van der Waals surface area contributed by atoms with Crippen molar-refractivity contribution in [1.82, 2.24) is 31.5 Å². The minimum Gasteiger partial charge on any atom is -0.450 e. The van der Waals surface area contributed by atoms with Crippen LogP contribution in [0.15, 0.2) is 57.0 Å². The summed E-state index contributed by atoms with van der Waals surface area (Å²) in [5.41, 5.74) is 3.25. The van der Waals surface area contributed by atoms with E-state index in [0.29, 0.717) is 30.5 Å². The number of rotatable bonds is 24. The molecule has 80 heavy (non-hydrogen) atoms. The summed E-state index contributed by atoms with van der Waals surface area (Å²) in [4.78, 5) is 141. The van der Waals surface area contributed by atoms with Gasteiger partial charge in [0.05, 0.1) is 11.0 Å². The molecule has 1 unspecified atom stereocenters. The first-order valence-electron chi connectivity index (χ1n) is 26.4. The highest BCUT2D eigenvalue weighted by atomic mass is 79.9. The normalized spacial score (nSPS) is 27.4. The van der Waals surface area contributed by atoms with Crippen LogP contribution in [-0.2, 0) is 64.0 Å². The Bertz CT molecular complexity index is 2740. The van der Waals surface area contributed by atoms with Gasteiger partial charge in [0.1, 0.15) is 47.5 Å². The second-order valence-corrected chi connectivity index (χ2v) is 23.7. The number of alkyl carbamates (subject to hydrolysis) is 1. The summed E-state index contributed by atoms with van der Waals surface area (Å²) in [5.74, 6) is -6.65. The van der Waals surface area contributed by atoms with E-state index in [1.54, 1.807) is 45.1 Å². The zero-order valence-corrected chi connectivity index (χ0v) is 49.2. The van der Waals surface area contributed by atoms with Gasteiger partial charge in [-0.2, -0.15) is 0 Å². The number of carbonyl (C=O) groups excluding carboxylic acids is 11. The highest BCUT2D eigenvalue weighted by Crippen LogP contribution is 2.72. The van der Waals surface area contributed by atoms with Gasteiger partial charge < -0.3 is 57.0 Å². The number of urea groups is 1. The summed E-state index contributed by atoms with van der Waals surface area (Å²) in [6.45, 7) is 8.71. The average molecular weight is 1270 g/mol. The summed E-state index contributed by atoms with van der Waals surface area (Å²) in [7, 11) is 0. The van der Waals surface area contributed by atoms with Gasteiger partial charge in [0.25, 0.3) is 11.8 Å². The third kappa shape index (κ3) is 13.2. The Hall–Kier alpha value is -6.02. The highest BCUT2D eigenvalue weighted by Gasteiger charge is 2.76. The van der Waals surface area contributed by atoms with Crippen LogP contribution in [0.4, 0.5) is 15.3 Å². The molecule has 3 saturated carbocycles. The van der Waals surface area contributed by atoms with E-state index < -0.39 is 131 Å². The van der Waals surface area contributed by atoms with Crippen molar-refractivity contribution in [2.75, 3.05) is 38.3 Å². The number of hydrogen-bond acceptors (Lipinski definition) is 15. The van der Waals surface area contributed by atoms with Gasteiger partial charge >= 0.3 is 18.1 Å². The fourth-order valence-corrected chi connectivity index (χ4v) is 13.4. The van der Waals surface area contributed by atoms with Crippen molar-refractivity contribution in [2.24, 2.45) is 40.2 Å². The van der Waals surface area contributed by atoms with Crippen LogP contribution in [0, 0.1) is 34.5 Å². The summed E-state index contributed by atoms with van der Waals surface area (Å²) >= 11 is 13.7. The molecule has 436 valence electrons. The standard InChI is InChI=1S/C54H69Br2ClN8O15/c1-7-41(71)80-54(29(4)21-35-34-15-12-31-22-33(66)16-18-51(31,5)53(34,57)37(67)23-52(35,54)6)38(68)26-78-27-61-40(70)24-60-50(77)79-25-30-10-13-32(14-11-30)62-45(72)36(9-8-19-59-49(58)76)63-46(73)44(28(2)3)64-39(69)17-20-65-47(74)42(55)43(56)48(65)75/h10-11,13-14,16,18,22,28-29,34-37,44,67H,7-9,12,15,17,19-21,23-27H2,1-6H3,(H,60,77)(H,61,70)(H,62,72)(H,63,73)(H,64,69)(H3,58,59,76)/t29-,34-,35?,36-,37-,44-,51-,52-,53-,54-/m0/s1. The van der Waals surface area contributed by atoms with Crippen molar-refractivity contribution in [1.29, 1.82) is 0 Å². The lowest BCUT2D eigenvalue weighted by molar-refractivity contribution is -0.203. The number of ketones is 2. The summed E-state index contributed by atoms with van der Waals surface area (Å²) in [6.07, 6.45) is 4.35. The zero-order chi connectivity index (χ0) is 59.1. The lowest BCUT2D eigenvalue weighted by Crippen LogP contribution is -2.69. The number of Topliss-reactive ketones (excluding diaryl/α,β-unsaturated/α-hetero) is 1. The average Bonchev–Trinajstić information content (AvgIpc) is 3.52. The van der Waals surface area contributed by atoms with Gasteiger partial charge in [0.15, 0.2) is 11.4 Å². The van der Waals surface area contributed by atoms with Crippen LogP contribution in [0.25, 0.3) is 0 Å². The van der Waals surface area contributed by atoms with Crippen LogP contribution >= 0.6 is 43.5 Å². The second kappa shape index (κ2) is 26.3. The smallest absolute Gasteiger partial charge is 0.407 e. The molecule has 0 radical (unpaired) electrons. The number of nitrogens with one attached hydrogen (secondary N) is 6. The minimum atomic E-state index is -1.69. The fourth-order valence-electron chi connectivity index (χ4n) is 12.1. The lowest BCUT2D eigenvalue weighted by atomic mass is 9.45. The van der Waals surface area contributed by atoms with Gasteiger partial charge in [-0.3, -0.25) is 48.1 Å². The number of anilines is 1. The molecular formula is C54H69Br2ClN8O15. The highest BCUT2D eigenvalue weighted by molar-refractivity contribution is 9.14. The molecule has 3 fully saturated rings. The first-order chi connectivity index (χ1) is 37.6. The Labute approximate surface area is 484 Å². The Balaban J connectivity index is 0.963. The molecule has 6 rings (SSSR count). The number of hydrogen-bond donors (Lipinski definition) is 8. The van der Waals surface area contributed by atoms with Crippen LogP contribution in [0.5, 0.6) is 0 Å². The molecule has 1 aliphatic heterocycles. The fraction of sp³-hybridized carbons (Fsp3) is 0.574. The van der Waals surface area contributed by atoms with Crippen molar-refractivity contribution >= 4 is 114 Å². The molecule has 26 heteroatoms. The van der Waals surface area contributed by atoms with Crippen LogP contribution in [0.1, 0.15) is 98.5 Å². The van der Waals surface area contributed by atoms with Gasteiger partial charge in [-0.05, 0) is 118 Å². The van der Waals surface area contributed by atoms with Gasteiger partial charge in [-0.25, -0.2) is 9.59 Å². The molecule has 9 N–H and O–H groups in total. The summed E-state index contributed by atoms with van der Waals surface area (Å²) < 4.78 is 17.2. The molecule has 10 atom stereocenters. The number of aliphatic hydroxyl groups is 1. The van der Waals surface area contributed by atoms with Crippen molar-refractivity contribution in [3.05, 3.63) is 62.6 Å². The maximum atomic E-state index is 14.5. The Kier molecular flexibility index (Phi) is 20.7. The minimum absolute atomic E-state index is 0.00746. The monoisotopic (exact) mass is 1260 g/mol. The van der Waals surface area contributed by atoms with Crippen molar-refractivity contribution in [3.63, 3.8) is 0 Å². The number of allylic oxidation sites excluding steroid dienone is 4. The number of amides is 9. The number of fused-ring (bicyclic) bond motifs is 5. The van der Waals surface area contributed by atoms with Gasteiger partial charge in [-0.15, -0.1) is 11.6 Å². The number of ether oxygens (including phenoxy) is 3. The quantitative estimate of drug-likeness (QED) is 0.0239. The van der Waals surface area contributed by atoms with Crippen molar-refractivity contribution in [2.45, 2.75) is 128 Å². The van der Waals surface area contributed by atoms with E-state index >= 15 is 0 Å². The predicted octanol–water partition coefficient (Wildman–Crippen LogP) is 3.92. The number of imide groups is 1. The summed E-state index contributed by atoms with van der Waals surface area (Å²) in [6, 6.07) is 3.10. The lowest BCUT2D eigenvalue weighted by Gasteiger charge is -2.64. The van der Waals surface area contributed by atoms with Gasteiger partial charge in [0.2, 0.25) is 29.4 Å². The Morgan fingerprint density at radius 1 is 0.925 bits per heavy atom. The molecule has 4 aliphatic carbocycles. The number of primary amides is 1. The zero-order valence-electron chi connectivity index (χ0n) is 45.3. The number of aliphatic hydroxyl groups excluding tert-OH is 1. The van der Waals surface area contributed by atoms with Crippen LogP contribution in [-0.4, -0.2) is 137 Å². The molecule has 0 aromatic heterocycles. The van der Waals surface area contributed by atoms with Crippen LogP contribution < -0.4 is 37.6 Å². The number of benzene rings is 1. The van der Waals surface area contributed by atoms with E-state index in [-0.39, 0.29) is 78.4 Å². The molecule has 9 amide bonds.